The molecule has 2 aromatic carbocycles. The average Bonchev–Trinajstić information content (AvgIpc) is 3.45. The van der Waals surface area contributed by atoms with Crippen LogP contribution in [-0.4, -0.2) is 36.8 Å². The number of nitrogens with zero attached hydrogens (tertiary/aromatic N) is 2. The number of benzene rings is 2. The maximum absolute atomic E-state index is 13.2. The summed E-state index contributed by atoms with van der Waals surface area (Å²) in [6, 6.07) is 14.2. The van der Waals surface area contributed by atoms with Crippen molar-refractivity contribution in [3.05, 3.63) is 53.6 Å². The molecule has 164 valence electrons. The third-order valence-corrected chi connectivity index (χ3v) is 6.77. The molecule has 0 aliphatic carbocycles. The topological polar surface area (TPSA) is 51.7 Å². The number of carbonyl (C=O) groups is 1. The molecule has 0 N–H and O–H groups in total. The van der Waals surface area contributed by atoms with Crippen molar-refractivity contribution in [2.24, 2.45) is 0 Å². The smallest absolute Gasteiger partial charge is 0.266 e. The molecule has 0 bridgehead atoms. The van der Waals surface area contributed by atoms with E-state index in [1.165, 1.54) is 11.1 Å². The zero-order valence-corrected chi connectivity index (χ0v) is 19.3. The molecular weight excluding hydrogens is 408 g/mol. The molecular formula is C25H30N2O3S. The van der Waals surface area contributed by atoms with Gasteiger partial charge in [0.25, 0.3) is 5.91 Å². The highest BCUT2D eigenvalue weighted by Gasteiger charge is 2.26. The molecule has 1 fully saturated rings. The van der Waals surface area contributed by atoms with Gasteiger partial charge in [-0.05, 0) is 54.5 Å². The van der Waals surface area contributed by atoms with E-state index in [1.807, 2.05) is 12.1 Å². The lowest BCUT2D eigenvalue weighted by atomic mass is 10.0. The van der Waals surface area contributed by atoms with Crippen LogP contribution >= 0.6 is 11.3 Å². The van der Waals surface area contributed by atoms with Crippen LogP contribution in [0.4, 0.5) is 5.13 Å². The minimum Gasteiger partial charge on any atom is -0.484 e. The maximum atomic E-state index is 13.2. The zero-order chi connectivity index (χ0) is 21.8. The van der Waals surface area contributed by atoms with Crippen LogP contribution in [0.2, 0.25) is 0 Å². The van der Waals surface area contributed by atoms with Crippen LogP contribution in [0.15, 0.2) is 42.5 Å². The van der Waals surface area contributed by atoms with Crippen LogP contribution in [0.5, 0.6) is 5.75 Å². The third-order valence-electron chi connectivity index (χ3n) is 5.72. The number of para-hydroxylation sites is 1. The van der Waals surface area contributed by atoms with Crippen LogP contribution in [0.1, 0.15) is 50.7 Å². The normalized spacial score (nSPS) is 16.2. The van der Waals surface area contributed by atoms with Crippen LogP contribution in [0, 0.1) is 0 Å². The summed E-state index contributed by atoms with van der Waals surface area (Å²) < 4.78 is 12.7. The number of hydrogen-bond donors (Lipinski definition) is 0. The number of hydrogen-bond acceptors (Lipinski definition) is 5. The minimum absolute atomic E-state index is 0.0235. The van der Waals surface area contributed by atoms with Crippen molar-refractivity contribution in [2.75, 3.05) is 24.7 Å². The Morgan fingerprint density at radius 1 is 1.26 bits per heavy atom. The number of anilines is 1. The number of thiazole rings is 1. The predicted octanol–water partition coefficient (Wildman–Crippen LogP) is 5.57. The Morgan fingerprint density at radius 2 is 2.06 bits per heavy atom. The highest BCUT2D eigenvalue weighted by molar-refractivity contribution is 7.22. The number of rotatable bonds is 8. The number of aromatic nitrogens is 1. The molecule has 1 aromatic heterocycles. The van der Waals surface area contributed by atoms with Gasteiger partial charge in [0.1, 0.15) is 5.75 Å². The first kappa shape index (κ1) is 21.8. The summed E-state index contributed by atoms with van der Waals surface area (Å²) in [5.74, 6) is 1.07. The van der Waals surface area contributed by atoms with E-state index in [1.54, 1.807) is 16.2 Å². The van der Waals surface area contributed by atoms with Gasteiger partial charge in [0.15, 0.2) is 11.7 Å². The Kier molecular flexibility index (Phi) is 6.88. The highest BCUT2D eigenvalue weighted by atomic mass is 32.1. The number of aryl methyl sites for hydroxylation is 1. The standard InChI is InChI=1S/C25H30N2O3S/c1-4-18-7-5-9-22-24(18)26-25(31-22)27(15-21-8-6-14-29-21)23(28)16-30-20-12-10-19(11-13-20)17(2)3/h5,7,9-13,17,21H,4,6,8,14-16H2,1-3H3. The molecule has 3 aromatic rings. The van der Waals surface area contributed by atoms with E-state index in [-0.39, 0.29) is 18.6 Å². The number of ether oxygens (including phenoxy) is 2. The van der Waals surface area contributed by atoms with Gasteiger partial charge in [-0.2, -0.15) is 0 Å². The maximum Gasteiger partial charge on any atom is 0.266 e. The van der Waals surface area contributed by atoms with E-state index < -0.39 is 0 Å². The van der Waals surface area contributed by atoms with Gasteiger partial charge in [-0.15, -0.1) is 0 Å². The fourth-order valence-corrected chi connectivity index (χ4v) is 4.89. The molecule has 0 radical (unpaired) electrons. The molecule has 2 heterocycles. The van der Waals surface area contributed by atoms with E-state index in [4.69, 9.17) is 14.5 Å². The van der Waals surface area contributed by atoms with Crippen molar-refractivity contribution in [3.63, 3.8) is 0 Å². The Labute approximate surface area is 188 Å². The van der Waals surface area contributed by atoms with Gasteiger partial charge in [-0.1, -0.05) is 56.4 Å². The first-order valence-electron chi connectivity index (χ1n) is 11.1. The van der Waals surface area contributed by atoms with Crippen LogP contribution < -0.4 is 9.64 Å². The second-order valence-corrected chi connectivity index (χ2v) is 9.27. The van der Waals surface area contributed by atoms with E-state index >= 15 is 0 Å². The molecule has 1 unspecified atom stereocenters. The first-order valence-corrected chi connectivity index (χ1v) is 11.9. The molecule has 5 nitrogen and oxygen atoms in total. The molecule has 0 spiro atoms. The molecule has 1 aliphatic rings. The van der Waals surface area contributed by atoms with Crippen LogP contribution in [0.25, 0.3) is 10.2 Å². The first-order chi connectivity index (χ1) is 15.0. The second-order valence-electron chi connectivity index (χ2n) is 8.27. The van der Waals surface area contributed by atoms with Gasteiger partial charge >= 0.3 is 0 Å². The molecule has 1 saturated heterocycles. The van der Waals surface area contributed by atoms with E-state index in [0.717, 1.165) is 41.2 Å². The van der Waals surface area contributed by atoms with Gasteiger partial charge < -0.3 is 9.47 Å². The summed E-state index contributed by atoms with van der Waals surface area (Å²) in [4.78, 5) is 19.8. The summed E-state index contributed by atoms with van der Waals surface area (Å²) >= 11 is 1.56. The van der Waals surface area contributed by atoms with Crippen molar-refractivity contribution in [2.45, 2.75) is 52.1 Å². The fourth-order valence-electron chi connectivity index (χ4n) is 3.85. The largest absolute Gasteiger partial charge is 0.484 e. The molecule has 1 atom stereocenters. The van der Waals surface area contributed by atoms with Crippen molar-refractivity contribution in [1.82, 2.24) is 4.98 Å². The van der Waals surface area contributed by atoms with Crippen LogP contribution in [-0.2, 0) is 16.0 Å². The monoisotopic (exact) mass is 438 g/mol. The highest BCUT2D eigenvalue weighted by Crippen LogP contribution is 2.32. The summed E-state index contributed by atoms with van der Waals surface area (Å²) in [7, 11) is 0. The molecule has 1 aliphatic heterocycles. The third kappa shape index (κ3) is 5.08. The van der Waals surface area contributed by atoms with Crippen molar-refractivity contribution < 1.29 is 14.3 Å². The van der Waals surface area contributed by atoms with E-state index in [2.05, 4.69) is 51.1 Å². The van der Waals surface area contributed by atoms with E-state index in [0.29, 0.717) is 18.2 Å². The number of amides is 1. The van der Waals surface area contributed by atoms with Gasteiger partial charge in [0.05, 0.1) is 22.9 Å². The van der Waals surface area contributed by atoms with E-state index in [9.17, 15) is 4.79 Å². The Bertz CT molecular complexity index is 1020. The average molecular weight is 439 g/mol. The quantitative estimate of drug-likeness (QED) is 0.461. The molecule has 31 heavy (non-hydrogen) atoms. The zero-order valence-electron chi connectivity index (χ0n) is 18.5. The second kappa shape index (κ2) is 9.79. The van der Waals surface area contributed by atoms with Crippen molar-refractivity contribution >= 4 is 32.6 Å². The summed E-state index contributed by atoms with van der Waals surface area (Å²) in [6.45, 7) is 7.68. The van der Waals surface area contributed by atoms with Gasteiger partial charge in [-0.25, -0.2) is 4.98 Å². The molecule has 6 heteroatoms. The van der Waals surface area contributed by atoms with Crippen molar-refractivity contribution in [3.8, 4) is 5.75 Å². The Morgan fingerprint density at radius 3 is 2.74 bits per heavy atom. The lowest BCUT2D eigenvalue weighted by Gasteiger charge is -2.23. The predicted molar refractivity (Wildman–Crippen MR) is 126 cm³/mol. The van der Waals surface area contributed by atoms with Crippen LogP contribution in [0.3, 0.4) is 0 Å². The fraction of sp³-hybridized carbons (Fsp3) is 0.440. The number of fused-ring (bicyclic) bond motifs is 1. The summed E-state index contributed by atoms with van der Waals surface area (Å²) in [5, 5.41) is 0.718. The SMILES string of the molecule is CCc1cccc2sc(N(CC3CCCO3)C(=O)COc3ccc(C(C)C)cc3)nc12. The minimum atomic E-state index is -0.0967. The Balaban J connectivity index is 1.53. The Hall–Kier alpha value is -2.44. The van der Waals surface area contributed by atoms with Gasteiger partial charge in [0, 0.05) is 6.61 Å². The lowest BCUT2D eigenvalue weighted by Crippen LogP contribution is -2.40. The molecule has 1 amide bonds. The summed E-state index contributed by atoms with van der Waals surface area (Å²) in [6.07, 6.45) is 2.96. The lowest BCUT2D eigenvalue weighted by molar-refractivity contribution is -0.120. The molecule has 0 saturated carbocycles. The van der Waals surface area contributed by atoms with Gasteiger partial charge in [0.2, 0.25) is 0 Å². The van der Waals surface area contributed by atoms with Gasteiger partial charge in [-0.3, -0.25) is 9.69 Å². The molecule has 4 rings (SSSR count). The summed E-state index contributed by atoms with van der Waals surface area (Å²) in [5.41, 5.74) is 3.44. The number of carbonyl (C=O) groups excluding carboxylic acids is 1. The van der Waals surface area contributed by atoms with Crippen molar-refractivity contribution in [1.29, 1.82) is 0 Å².